The monoisotopic (exact) mass is 374 g/mol. The number of unbranched alkanes of at least 4 members (excludes halogenated alkanes) is 2. The van der Waals surface area contributed by atoms with Crippen LogP contribution in [-0.4, -0.2) is 37.0 Å². The zero-order valence-electron chi connectivity index (χ0n) is 17.9. The first-order valence-corrected chi connectivity index (χ1v) is 14.7. The van der Waals surface area contributed by atoms with Crippen LogP contribution in [0.25, 0.3) is 0 Å². The largest absolute Gasteiger partial charge is 0.106 e. The van der Waals surface area contributed by atoms with Gasteiger partial charge in [-0.2, -0.15) is 0 Å². The molecule has 0 N–H and O–H groups in total. The van der Waals surface area contributed by atoms with E-state index in [4.69, 9.17) is 0 Å². The average Bonchev–Trinajstić information content (AvgIpc) is 2.52. The molecule has 0 aliphatic rings. The highest BCUT2D eigenvalue weighted by atomic mass is 31.1. The van der Waals surface area contributed by atoms with Crippen LogP contribution < -0.4 is 0 Å². The highest BCUT2D eigenvalue weighted by Crippen LogP contribution is 2.45. The molecule has 0 fully saturated rings. The first kappa shape index (κ1) is 24.9. The first-order chi connectivity index (χ1) is 11.5. The van der Waals surface area contributed by atoms with Crippen LogP contribution >= 0.6 is 15.8 Å². The number of hydrogen-bond donors (Lipinski definition) is 0. The molecular weight excluding hydrogens is 326 g/mol. The van der Waals surface area contributed by atoms with Crippen LogP contribution in [0.4, 0.5) is 0 Å². The van der Waals surface area contributed by atoms with Crippen molar-refractivity contribution < 1.29 is 0 Å². The maximum atomic E-state index is 2.39. The van der Waals surface area contributed by atoms with Crippen LogP contribution in [0.2, 0.25) is 0 Å². The fraction of sp³-hybridized carbons (Fsp3) is 1.00. The molecule has 0 aromatic carbocycles. The summed E-state index contributed by atoms with van der Waals surface area (Å²) >= 11 is 0. The lowest BCUT2D eigenvalue weighted by Gasteiger charge is -2.22. The fourth-order valence-electron chi connectivity index (χ4n) is 3.36. The molecule has 0 aliphatic carbocycles. The highest BCUT2D eigenvalue weighted by molar-refractivity contribution is 7.61. The van der Waals surface area contributed by atoms with Gasteiger partial charge in [-0.25, -0.2) is 0 Å². The van der Waals surface area contributed by atoms with Crippen molar-refractivity contribution in [2.45, 2.75) is 92.9 Å². The Labute approximate surface area is 157 Å². The predicted octanol–water partition coefficient (Wildman–Crippen LogP) is 8.42. The van der Waals surface area contributed by atoms with E-state index >= 15 is 0 Å². The lowest BCUT2D eigenvalue weighted by molar-refractivity contribution is 0.550. The lowest BCUT2D eigenvalue weighted by atomic mass is 10.1. The van der Waals surface area contributed by atoms with E-state index in [0.29, 0.717) is 15.8 Å². The van der Waals surface area contributed by atoms with Gasteiger partial charge in [-0.15, -0.1) is 15.8 Å². The van der Waals surface area contributed by atoms with E-state index in [-0.39, 0.29) is 0 Å². The van der Waals surface area contributed by atoms with Crippen LogP contribution in [0.5, 0.6) is 0 Å². The molecule has 146 valence electrons. The molecule has 0 spiro atoms. The summed E-state index contributed by atoms with van der Waals surface area (Å²) in [7, 11) is 0.705. The highest BCUT2D eigenvalue weighted by Gasteiger charge is 2.12. The second-order valence-electron chi connectivity index (χ2n) is 8.46. The molecule has 0 radical (unpaired) electrons. The van der Waals surface area contributed by atoms with E-state index in [1.807, 2.05) is 0 Å². The topological polar surface area (TPSA) is 0 Å². The normalized spacial score (nSPS) is 14.5. The van der Waals surface area contributed by atoms with Gasteiger partial charge in [-0.05, 0) is 61.6 Å². The minimum absolute atomic E-state index is 0.352. The quantitative estimate of drug-likeness (QED) is 0.177. The van der Waals surface area contributed by atoms with Gasteiger partial charge in [0.25, 0.3) is 0 Å². The van der Waals surface area contributed by atoms with Crippen LogP contribution in [0.1, 0.15) is 92.9 Å². The lowest BCUT2D eigenvalue weighted by Crippen LogP contribution is -2.03. The van der Waals surface area contributed by atoms with Crippen molar-refractivity contribution >= 4 is 15.8 Å². The molecule has 0 nitrogen and oxygen atoms in total. The SMILES string of the molecule is CCCP(CCCCC(C)C)CCP(CCC)CCCCC(C)C. The van der Waals surface area contributed by atoms with Crippen LogP contribution in [0, 0.1) is 11.8 Å². The molecule has 0 amide bonds. The summed E-state index contributed by atoms with van der Waals surface area (Å²) in [6.07, 6.45) is 21.1. The molecule has 0 saturated heterocycles. The van der Waals surface area contributed by atoms with Gasteiger partial charge in [0.2, 0.25) is 0 Å². The van der Waals surface area contributed by atoms with E-state index in [1.54, 1.807) is 37.0 Å². The van der Waals surface area contributed by atoms with E-state index in [2.05, 4.69) is 41.5 Å². The minimum Gasteiger partial charge on any atom is -0.106 e. The van der Waals surface area contributed by atoms with Gasteiger partial charge in [0.15, 0.2) is 0 Å². The molecule has 0 bridgehead atoms. The van der Waals surface area contributed by atoms with Crippen molar-refractivity contribution in [3.63, 3.8) is 0 Å². The Morgan fingerprint density at radius 2 is 0.875 bits per heavy atom. The van der Waals surface area contributed by atoms with Gasteiger partial charge in [-0.1, -0.05) is 80.1 Å². The average molecular weight is 375 g/mol. The molecule has 0 aromatic heterocycles. The number of rotatable bonds is 17. The molecule has 0 heterocycles. The summed E-state index contributed by atoms with van der Waals surface area (Å²) < 4.78 is 0. The summed E-state index contributed by atoms with van der Waals surface area (Å²) in [5, 5.41) is 0. The molecule has 2 unspecified atom stereocenters. The Balaban J connectivity index is 4.04. The number of hydrogen-bond acceptors (Lipinski definition) is 0. The minimum atomic E-state index is 0.352. The zero-order chi connectivity index (χ0) is 18.2. The van der Waals surface area contributed by atoms with Crippen molar-refractivity contribution in [3.05, 3.63) is 0 Å². The third-order valence-electron chi connectivity index (χ3n) is 4.82. The van der Waals surface area contributed by atoms with Crippen molar-refractivity contribution in [1.29, 1.82) is 0 Å². The molecule has 2 atom stereocenters. The Morgan fingerprint density at radius 3 is 1.17 bits per heavy atom. The van der Waals surface area contributed by atoms with E-state index in [1.165, 1.54) is 51.4 Å². The van der Waals surface area contributed by atoms with Crippen molar-refractivity contribution in [1.82, 2.24) is 0 Å². The van der Waals surface area contributed by atoms with Crippen molar-refractivity contribution in [2.24, 2.45) is 11.8 Å². The Bertz CT molecular complexity index is 224. The van der Waals surface area contributed by atoms with Crippen LogP contribution in [-0.2, 0) is 0 Å². The summed E-state index contributed by atoms with van der Waals surface area (Å²) in [5.74, 6) is 1.79. The van der Waals surface area contributed by atoms with Crippen LogP contribution in [0.15, 0.2) is 0 Å². The predicted molar refractivity (Wildman–Crippen MR) is 121 cm³/mol. The smallest absolute Gasteiger partial charge is 0.0286 e. The summed E-state index contributed by atoms with van der Waals surface area (Å²) in [5.41, 5.74) is 0. The summed E-state index contributed by atoms with van der Waals surface area (Å²) in [6, 6.07) is 0. The summed E-state index contributed by atoms with van der Waals surface area (Å²) in [6.45, 7) is 14.3. The van der Waals surface area contributed by atoms with Gasteiger partial charge in [-0.3, -0.25) is 0 Å². The third-order valence-corrected chi connectivity index (χ3v) is 10.9. The maximum Gasteiger partial charge on any atom is -0.0286 e. The molecule has 0 aromatic rings. The van der Waals surface area contributed by atoms with E-state index in [9.17, 15) is 0 Å². The van der Waals surface area contributed by atoms with Gasteiger partial charge < -0.3 is 0 Å². The Kier molecular flexibility index (Phi) is 17.9. The van der Waals surface area contributed by atoms with Crippen LogP contribution in [0.3, 0.4) is 0 Å². The van der Waals surface area contributed by atoms with E-state index < -0.39 is 0 Å². The third kappa shape index (κ3) is 16.3. The zero-order valence-corrected chi connectivity index (χ0v) is 19.7. The van der Waals surface area contributed by atoms with Gasteiger partial charge >= 0.3 is 0 Å². The Morgan fingerprint density at radius 1 is 0.500 bits per heavy atom. The second-order valence-corrected chi connectivity index (χ2v) is 13.8. The van der Waals surface area contributed by atoms with E-state index in [0.717, 1.165) is 11.8 Å². The van der Waals surface area contributed by atoms with Crippen molar-refractivity contribution in [3.8, 4) is 0 Å². The van der Waals surface area contributed by atoms with Crippen molar-refractivity contribution in [2.75, 3.05) is 37.0 Å². The van der Waals surface area contributed by atoms with Gasteiger partial charge in [0, 0.05) is 0 Å². The molecular formula is C22H48P2. The molecule has 0 saturated carbocycles. The summed E-state index contributed by atoms with van der Waals surface area (Å²) in [4.78, 5) is 0. The molecule has 24 heavy (non-hydrogen) atoms. The Hall–Kier alpha value is 0.860. The standard InChI is InChI=1S/C22H48P2/c1-7-15-23(17-11-9-13-21(3)4)19-20-24(16-8-2)18-12-10-14-22(5)6/h21-22H,7-20H2,1-6H3. The molecule has 2 heteroatoms. The molecule has 0 aliphatic heterocycles. The maximum absolute atomic E-state index is 2.39. The first-order valence-electron chi connectivity index (χ1n) is 10.9. The van der Waals surface area contributed by atoms with Gasteiger partial charge in [0.05, 0.1) is 0 Å². The fourth-order valence-corrected chi connectivity index (χ4v) is 9.57. The molecule has 0 rings (SSSR count). The second kappa shape index (κ2) is 17.3. The van der Waals surface area contributed by atoms with Gasteiger partial charge in [0.1, 0.15) is 0 Å².